The molecule has 0 aliphatic carbocycles. The van der Waals surface area contributed by atoms with Gasteiger partial charge in [0, 0.05) is 68.8 Å². The summed E-state index contributed by atoms with van der Waals surface area (Å²) >= 11 is 0. The summed E-state index contributed by atoms with van der Waals surface area (Å²) in [6.45, 7) is 2.03. The Bertz CT molecular complexity index is 2280. The number of carbonyl (C=O) groups excluding carboxylic acids is 2. The standard InChI is InChI=1S/C37H38F3N5O8S/c1-22-17-32(53-42-22)27(37(47)50-4)12-14-51-15-16-52-26-7-5-23(6-8-26)24-18-28-29(21-43(2)36(28)41-19-24)35(46)33-30(39)9-10-31(34(33)40)44(3)54(48,49)45-13-11-25(38)20-45/h5-10,17-19,21,25,27H,11-16,20H2,1-4H3/t25-,27?/m1/s1. The van der Waals surface area contributed by atoms with Gasteiger partial charge < -0.3 is 23.3 Å². The number of aryl methyl sites for hydroxylation is 2. The van der Waals surface area contributed by atoms with Gasteiger partial charge in [-0.15, -0.1) is 0 Å². The minimum absolute atomic E-state index is 0.00235. The van der Waals surface area contributed by atoms with Gasteiger partial charge in [0.25, 0.3) is 0 Å². The van der Waals surface area contributed by atoms with Crippen molar-refractivity contribution in [2.45, 2.75) is 31.9 Å². The number of pyridine rings is 1. The van der Waals surface area contributed by atoms with Gasteiger partial charge in [-0.2, -0.15) is 12.7 Å². The first kappa shape index (κ1) is 38.5. The molecule has 2 aromatic carbocycles. The third kappa shape index (κ3) is 7.83. The summed E-state index contributed by atoms with van der Waals surface area (Å²) in [7, 11) is -0.352. The summed E-state index contributed by atoms with van der Waals surface area (Å²) < 4.78 is 95.7. The van der Waals surface area contributed by atoms with Crippen LogP contribution in [0.1, 0.15) is 46.1 Å². The number of hydrogen-bond acceptors (Lipinski definition) is 10. The van der Waals surface area contributed by atoms with E-state index < -0.39 is 56.9 Å². The van der Waals surface area contributed by atoms with Crippen molar-refractivity contribution in [1.82, 2.24) is 19.0 Å². The SMILES string of the molecule is COC(=O)C(CCOCCOc1ccc(-c2cnc3c(c2)c(C(=O)c2c(F)ccc(N(C)S(=O)(=O)N4CC[C@@H](F)C4)c2F)cn3C)cc1)c1cc(C)no1. The van der Waals surface area contributed by atoms with Gasteiger partial charge in [0.1, 0.15) is 35.9 Å². The summed E-state index contributed by atoms with van der Waals surface area (Å²) in [5.41, 5.74) is 0.823. The van der Waals surface area contributed by atoms with E-state index in [1.165, 1.54) is 13.3 Å². The second-order valence-corrected chi connectivity index (χ2v) is 14.7. The summed E-state index contributed by atoms with van der Waals surface area (Å²) in [6.07, 6.45) is 1.99. The molecule has 1 aliphatic heterocycles. The van der Waals surface area contributed by atoms with Crippen LogP contribution in [0, 0.1) is 18.6 Å². The van der Waals surface area contributed by atoms with Crippen LogP contribution in [0.5, 0.6) is 5.75 Å². The second kappa shape index (κ2) is 16.0. The quantitative estimate of drug-likeness (QED) is 0.0759. The van der Waals surface area contributed by atoms with E-state index in [-0.39, 0.29) is 44.9 Å². The van der Waals surface area contributed by atoms with Gasteiger partial charge in [0.05, 0.1) is 30.7 Å². The number of esters is 1. The first-order valence-electron chi connectivity index (χ1n) is 17.0. The molecule has 3 aromatic heterocycles. The van der Waals surface area contributed by atoms with E-state index in [1.807, 2.05) is 0 Å². The molecular formula is C37H38F3N5O8S. The molecule has 0 bridgehead atoms. The van der Waals surface area contributed by atoms with Crippen molar-refractivity contribution in [2.75, 3.05) is 51.4 Å². The molecule has 0 N–H and O–H groups in total. The number of ether oxygens (including phenoxy) is 3. The molecule has 1 saturated heterocycles. The van der Waals surface area contributed by atoms with Crippen molar-refractivity contribution in [3.05, 3.63) is 95.1 Å². The van der Waals surface area contributed by atoms with Crippen LogP contribution in [-0.2, 0) is 31.5 Å². The van der Waals surface area contributed by atoms with Gasteiger partial charge in [-0.05, 0) is 55.7 Å². The number of rotatable bonds is 15. The molecule has 54 heavy (non-hydrogen) atoms. The average molecular weight is 770 g/mol. The van der Waals surface area contributed by atoms with Gasteiger partial charge >= 0.3 is 16.2 Å². The van der Waals surface area contributed by atoms with Crippen LogP contribution in [0.15, 0.2) is 65.4 Å². The van der Waals surface area contributed by atoms with Crippen molar-refractivity contribution in [1.29, 1.82) is 0 Å². The Hall–Kier alpha value is -5.26. The normalized spacial score (nSPS) is 15.4. The molecular weight excluding hydrogens is 731 g/mol. The average Bonchev–Trinajstić information content (AvgIpc) is 3.89. The molecule has 0 radical (unpaired) electrons. The van der Waals surface area contributed by atoms with Gasteiger partial charge in [-0.25, -0.2) is 18.2 Å². The Morgan fingerprint density at radius 1 is 1.07 bits per heavy atom. The lowest BCUT2D eigenvalue weighted by Crippen LogP contribution is -2.41. The second-order valence-electron chi connectivity index (χ2n) is 12.8. The lowest BCUT2D eigenvalue weighted by atomic mass is 9.99. The van der Waals surface area contributed by atoms with Crippen LogP contribution >= 0.6 is 0 Å². The zero-order valence-electron chi connectivity index (χ0n) is 29.9. The maximum Gasteiger partial charge on any atom is 0.316 e. The fourth-order valence-electron chi connectivity index (χ4n) is 6.25. The zero-order chi connectivity index (χ0) is 38.7. The first-order valence-corrected chi connectivity index (χ1v) is 18.4. The number of fused-ring (bicyclic) bond motifs is 1. The zero-order valence-corrected chi connectivity index (χ0v) is 30.7. The third-order valence-electron chi connectivity index (χ3n) is 9.17. The van der Waals surface area contributed by atoms with E-state index in [2.05, 4.69) is 10.1 Å². The molecule has 2 atom stereocenters. The highest BCUT2D eigenvalue weighted by atomic mass is 32.2. The van der Waals surface area contributed by atoms with Crippen LogP contribution in [0.3, 0.4) is 0 Å². The monoisotopic (exact) mass is 769 g/mol. The molecule has 0 spiro atoms. The summed E-state index contributed by atoms with van der Waals surface area (Å²) in [4.78, 5) is 30.5. The number of carbonyl (C=O) groups is 2. The lowest BCUT2D eigenvalue weighted by Gasteiger charge is -2.26. The molecule has 5 aromatic rings. The van der Waals surface area contributed by atoms with Crippen LogP contribution in [0.4, 0.5) is 18.9 Å². The Morgan fingerprint density at radius 2 is 1.83 bits per heavy atom. The summed E-state index contributed by atoms with van der Waals surface area (Å²) in [5, 5.41) is 4.15. The Labute approximate surface area is 309 Å². The van der Waals surface area contributed by atoms with Gasteiger partial charge in [0.2, 0.25) is 5.78 Å². The number of alkyl halides is 1. The van der Waals surface area contributed by atoms with Crippen LogP contribution in [-0.4, -0.2) is 92.4 Å². The van der Waals surface area contributed by atoms with E-state index in [1.54, 1.807) is 61.1 Å². The Balaban J connectivity index is 1.13. The van der Waals surface area contributed by atoms with Crippen LogP contribution < -0.4 is 9.04 Å². The number of hydrogen-bond donors (Lipinski definition) is 0. The van der Waals surface area contributed by atoms with Crippen molar-refractivity contribution in [3.8, 4) is 16.9 Å². The predicted octanol–water partition coefficient (Wildman–Crippen LogP) is 5.51. The topological polar surface area (TPSA) is 146 Å². The molecule has 6 rings (SSSR count). The number of benzene rings is 2. The Morgan fingerprint density at radius 3 is 2.50 bits per heavy atom. The summed E-state index contributed by atoms with van der Waals surface area (Å²) in [5.74, 6) is -3.66. The van der Waals surface area contributed by atoms with Gasteiger partial charge in [0.15, 0.2) is 11.6 Å². The van der Waals surface area contributed by atoms with E-state index in [4.69, 9.17) is 18.7 Å². The molecule has 17 heteroatoms. The van der Waals surface area contributed by atoms with Crippen LogP contribution in [0.25, 0.3) is 22.2 Å². The molecule has 1 fully saturated rings. The van der Waals surface area contributed by atoms with E-state index in [0.717, 1.165) is 29.0 Å². The maximum atomic E-state index is 16.0. The molecule has 1 aliphatic rings. The molecule has 4 heterocycles. The third-order valence-corrected chi connectivity index (χ3v) is 11.0. The van der Waals surface area contributed by atoms with Crippen molar-refractivity contribution in [3.63, 3.8) is 0 Å². The summed E-state index contributed by atoms with van der Waals surface area (Å²) in [6, 6.07) is 12.2. The van der Waals surface area contributed by atoms with Crippen LogP contribution in [0.2, 0.25) is 0 Å². The van der Waals surface area contributed by atoms with Crippen molar-refractivity contribution in [2.24, 2.45) is 7.05 Å². The number of nitrogens with zero attached hydrogens (tertiary/aromatic N) is 5. The van der Waals surface area contributed by atoms with Gasteiger partial charge in [-0.3, -0.25) is 13.9 Å². The minimum atomic E-state index is -4.36. The fraction of sp³-hybridized carbons (Fsp3) is 0.351. The highest BCUT2D eigenvalue weighted by Gasteiger charge is 2.36. The largest absolute Gasteiger partial charge is 0.491 e. The van der Waals surface area contributed by atoms with E-state index in [0.29, 0.717) is 44.5 Å². The smallest absolute Gasteiger partial charge is 0.316 e. The number of anilines is 1. The minimum Gasteiger partial charge on any atom is -0.491 e. The molecule has 0 amide bonds. The highest BCUT2D eigenvalue weighted by Crippen LogP contribution is 2.33. The molecule has 1 unspecified atom stereocenters. The van der Waals surface area contributed by atoms with E-state index in [9.17, 15) is 22.4 Å². The number of ketones is 1. The lowest BCUT2D eigenvalue weighted by molar-refractivity contribution is -0.143. The molecule has 13 nitrogen and oxygen atoms in total. The number of halogens is 3. The van der Waals surface area contributed by atoms with Gasteiger partial charge in [-0.1, -0.05) is 17.3 Å². The molecule has 286 valence electrons. The number of aromatic nitrogens is 3. The first-order chi connectivity index (χ1) is 25.8. The number of methoxy groups -OCH3 is 1. The Kier molecular flexibility index (Phi) is 11.4. The predicted molar refractivity (Wildman–Crippen MR) is 191 cm³/mol. The van der Waals surface area contributed by atoms with E-state index >= 15 is 8.78 Å². The fourth-order valence-corrected chi connectivity index (χ4v) is 7.68. The van der Waals surface area contributed by atoms with Crippen molar-refractivity contribution < 1.29 is 49.9 Å². The highest BCUT2D eigenvalue weighted by molar-refractivity contribution is 7.90. The molecule has 0 saturated carbocycles. The van der Waals surface area contributed by atoms with Crippen molar-refractivity contribution >= 4 is 38.7 Å². The maximum absolute atomic E-state index is 16.0.